The first-order valence-electron chi connectivity index (χ1n) is 9.28. The van der Waals surface area contributed by atoms with Crippen molar-refractivity contribution in [2.75, 3.05) is 13.7 Å². The summed E-state index contributed by atoms with van der Waals surface area (Å²) in [7, 11) is 1.44. The molecular weight excluding hydrogens is 322 g/mol. The zero-order chi connectivity index (χ0) is 18.6. The van der Waals surface area contributed by atoms with Crippen LogP contribution in [0.5, 0.6) is 0 Å². The molecular formula is C19H31NO5. The van der Waals surface area contributed by atoms with Gasteiger partial charge in [-0.25, -0.2) is 4.79 Å². The molecule has 2 aliphatic rings. The zero-order valence-corrected chi connectivity index (χ0v) is 15.9. The monoisotopic (exact) mass is 353 g/mol. The Morgan fingerprint density at radius 2 is 1.76 bits per heavy atom. The number of methoxy groups -OCH3 is 1. The van der Waals surface area contributed by atoms with E-state index < -0.39 is 11.7 Å². The maximum atomic E-state index is 12.3. The minimum absolute atomic E-state index is 0.0348. The van der Waals surface area contributed by atoms with Crippen LogP contribution >= 0.6 is 0 Å². The van der Waals surface area contributed by atoms with Crippen LogP contribution in [-0.4, -0.2) is 48.0 Å². The van der Waals surface area contributed by atoms with E-state index in [4.69, 9.17) is 9.47 Å². The molecule has 0 unspecified atom stereocenters. The molecule has 1 amide bonds. The molecule has 2 rings (SSSR count). The third kappa shape index (κ3) is 5.72. The van der Waals surface area contributed by atoms with Crippen molar-refractivity contribution < 1.29 is 23.9 Å². The van der Waals surface area contributed by atoms with E-state index in [0.717, 1.165) is 38.5 Å². The topological polar surface area (TPSA) is 72.9 Å². The highest BCUT2D eigenvalue weighted by Gasteiger charge is 2.37. The van der Waals surface area contributed by atoms with Crippen LogP contribution in [0.3, 0.4) is 0 Å². The molecule has 0 radical (unpaired) electrons. The van der Waals surface area contributed by atoms with Crippen LogP contribution in [0.15, 0.2) is 0 Å². The average Bonchev–Trinajstić information content (AvgIpc) is 2.92. The van der Waals surface area contributed by atoms with Gasteiger partial charge in [0.25, 0.3) is 0 Å². The predicted molar refractivity (Wildman–Crippen MR) is 93.1 cm³/mol. The van der Waals surface area contributed by atoms with Gasteiger partial charge in [0.15, 0.2) is 5.78 Å². The highest BCUT2D eigenvalue weighted by atomic mass is 16.6. The second-order valence-electron chi connectivity index (χ2n) is 8.32. The molecule has 6 heteroatoms. The molecule has 25 heavy (non-hydrogen) atoms. The van der Waals surface area contributed by atoms with Gasteiger partial charge in [0.05, 0.1) is 19.6 Å². The van der Waals surface area contributed by atoms with Gasteiger partial charge in [0.1, 0.15) is 5.60 Å². The highest BCUT2D eigenvalue weighted by Crippen LogP contribution is 2.34. The second-order valence-corrected chi connectivity index (χ2v) is 8.32. The summed E-state index contributed by atoms with van der Waals surface area (Å²) in [4.78, 5) is 37.3. The van der Waals surface area contributed by atoms with Crippen LogP contribution in [0.4, 0.5) is 4.79 Å². The van der Waals surface area contributed by atoms with Crippen LogP contribution in [0.2, 0.25) is 0 Å². The molecule has 0 spiro atoms. The van der Waals surface area contributed by atoms with Gasteiger partial charge >= 0.3 is 12.1 Å². The molecule has 6 nitrogen and oxygen atoms in total. The second kappa shape index (κ2) is 8.19. The number of likely N-dealkylation sites (tertiary alicyclic amines) is 1. The molecule has 1 heterocycles. The molecule has 0 bridgehead atoms. The van der Waals surface area contributed by atoms with E-state index in [1.807, 2.05) is 20.8 Å². The average molecular weight is 353 g/mol. The largest absolute Gasteiger partial charge is 0.469 e. The predicted octanol–water partition coefficient (Wildman–Crippen LogP) is 3.32. The van der Waals surface area contributed by atoms with Gasteiger partial charge in [-0.3, -0.25) is 14.5 Å². The quantitative estimate of drug-likeness (QED) is 0.725. The minimum Gasteiger partial charge on any atom is -0.469 e. The normalized spacial score (nSPS) is 27.3. The molecule has 1 aliphatic carbocycles. The van der Waals surface area contributed by atoms with E-state index in [1.54, 1.807) is 4.90 Å². The lowest BCUT2D eigenvalue weighted by atomic mass is 9.79. The molecule has 142 valence electrons. The van der Waals surface area contributed by atoms with Crippen LogP contribution in [-0.2, 0) is 19.1 Å². The van der Waals surface area contributed by atoms with Crippen molar-refractivity contribution >= 4 is 17.8 Å². The van der Waals surface area contributed by atoms with E-state index in [9.17, 15) is 14.4 Å². The molecule has 0 aromatic carbocycles. The molecule has 1 saturated carbocycles. The third-order valence-electron chi connectivity index (χ3n) is 5.17. The summed E-state index contributed by atoms with van der Waals surface area (Å²) in [5.74, 6) is 0.589. The first kappa shape index (κ1) is 19.7. The summed E-state index contributed by atoms with van der Waals surface area (Å²) in [5.41, 5.74) is -0.556. The van der Waals surface area contributed by atoms with Crippen LogP contribution in [0.25, 0.3) is 0 Å². The third-order valence-corrected chi connectivity index (χ3v) is 5.17. The molecule has 0 aromatic rings. The molecule has 0 N–H and O–H groups in total. The number of Topliss-reactive ketones (excluding diaryl/α,β-unsaturated/α-hetero) is 1. The van der Waals surface area contributed by atoms with Gasteiger partial charge in [-0.05, 0) is 65.2 Å². The number of rotatable bonds is 4. The van der Waals surface area contributed by atoms with Crippen molar-refractivity contribution in [1.29, 1.82) is 0 Å². The van der Waals surface area contributed by atoms with Gasteiger partial charge in [-0.15, -0.1) is 0 Å². The smallest absolute Gasteiger partial charge is 0.410 e. The molecule has 0 aromatic heterocycles. The maximum absolute atomic E-state index is 12.3. The fourth-order valence-electron chi connectivity index (χ4n) is 3.83. The number of ketones is 1. The van der Waals surface area contributed by atoms with Crippen LogP contribution < -0.4 is 0 Å². The van der Waals surface area contributed by atoms with E-state index in [0.29, 0.717) is 12.3 Å². The summed E-state index contributed by atoms with van der Waals surface area (Å²) in [5, 5.41) is 0. The standard InChI is InChI=1S/C19H31NO5/c1-19(2,3)25-18(23)20-12-16(21)11-15(20)10-7-13-5-8-14(9-6-13)17(22)24-4/h13-15H,5-12H2,1-4H3/t13-,14-,15-/m0/s1. The van der Waals surface area contributed by atoms with Crippen molar-refractivity contribution in [3.63, 3.8) is 0 Å². The number of hydrogen-bond acceptors (Lipinski definition) is 5. The Kier molecular flexibility index (Phi) is 6.47. The number of nitrogens with zero attached hydrogens (tertiary/aromatic N) is 1. The molecule has 1 aliphatic heterocycles. The van der Waals surface area contributed by atoms with Gasteiger partial charge in [-0.2, -0.15) is 0 Å². The Labute approximate surface area is 150 Å². The van der Waals surface area contributed by atoms with Crippen molar-refractivity contribution in [3.8, 4) is 0 Å². The number of carbonyl (C=O) groups is 3. The first-order chi connectivity index (χ1) is 11.7. The summed E-state index contributed by atoms with van der Waals surface area (Å²) >= 11 is 0. The molecule has 2 fully saturated rings. The summed E-state index contributed by atoms with van der Waals surface area (Å²) < 4.78 is 10.3. The number of amides is 1. The summed E-state index contributed by atoms with van der Waals surface area (Å²) in [6.07, 6.45) is 5.59. The van der Waals surface area contributed by atoms with Gasteiger partial charge < -0.3 is 9.47 Å². The van der Waals surface area contributed by atoms with Crippen molar-refractivity contribution in [1.82, 2.24) is 4.90 Å². The van der Waals surface area contributed by atoms with E-state index in [-0.39, 0.29) is 30.3 Å². The Morgan fingerprint density at radius 3 is 2.32 bits per heavy atom. The fraction of sp³-hybridized carbons (Fsp3) is 0.842. The molecule has 1 saturated heterocycles. The Hall–Kier alpha value is -1.59. The maximum Gasteiger partial charge on any atom is 0.410 e. The number of esters is 1. The zero-order valence-electron chi connectivity index (χ0n) is 15.9. The SMILES string of the molecule is COC(=O)[C@H]1CC[C@H](CC[C@H]2CC(=O)CN2C(=O)OC(C)(C)C)CC1. The Morgan fingerprint density at radius 1 is 1.12 bits per heavy atom. The fourth-order valence-corrected chi connectivity index (χ4v) is 3.83. The molecule has 1 atom stereocenters. The van der Waals surface area contributed by atoms with E-state index in [2.05, 4.69) is 0 Å². The van der Waals surface area contributed by atoms with Crippen LogP contribution in [0.1, 0.15) is 65.7 Å². The minimum atomic E-state index is -0.556. The number of ether oxygens (including phenoxy) is 2. The summed E-state index contributed by atoms with van der Waals surface area (Å²) in [6, 6.07) is -0.0549. The Balaban J connectivity index is 1.82. The summed E-state index contributed by atoms with van der Waals surface area (Å²) in [6.45, 7) is 5.65. The lowest BCUT2D eigenvalue weighted by Crippen LogP contribution is -2.40. The van der Waals surface area contributed by atoms with E-state index >= 15 is 0 Å². The van der Waals surface area contributed by atoms with Crippen molar-refractivity contribution in [3.05, 3.63) is 0 Å². The number of carbonyl (C=O) groups excluding carboxylic acids is 3. The van der Waals surface area contributed by atoms with Gasteiger partial charge in [0, 0.05) is 12.5 Å². The van der Waals surface area contributed by atoms with Crippen molar-refractivity contribution in [2.45, 2.75) is 77.4 Å². The first-order valence-corrected chi connectivity index (χ1v) is 9.28. The van der Waals surface area contributed by atoms with Crippen molar-refractivity contribution in [2.24, 2.45) is 11.8 Å². The lowest BCUT2D eigenvalue weighted by molar-refractivity contribution is -0.146. The lowest BCUT2D eigenvalue weighted by Gasteiger charge is -2.30. The Bertz CT molecular complexity index is 502. The van der Waals surface area contributed by atoms with E-state index in [1.165, 1.54) is 7.11 Å². The van der Waals surface area contributed by atoms with Crippen LogP contribution in [0, 0.1) is 11.8 Å². The highest BCUT2D eigenvalue weighted by molar-refractivity contribution is 5.88. The van der Waals surface area contributed by atoms with Gasteiger partial charge in [0.2, 0.25) is 0 Å². The number of hydrogen-bond donors (Lipinski definition) is 0. The van der Waals surface area contributed by atoms with Gasteiger partial charge in [-0.1, -0.05) is 0 Å².